The van der Waals surface area contributed by atoms with Gasteiger partial charge in [-0.1, -0.05) is 6.07 Å². The van der Waals surface area contributed by atoms with Gasteiger partial charge in [0.15, 0.2) is 5.65 Å². The summed E-state index contributed by atoms with van der Waals surface area (Å²) >= 11 is 0. The Balaban J connectivity index is 1.77. The van der Waals surface area contributed by atoms with Crippen LogP contribution in [0.4, 0.5) is 0 Å². The molecule has 28 heavy (non-hydrogen) atoms. The minimum absolute atomic E-state index is 0.313. The van der Waals surface area contributed by atoms with Crippen LogP contribution in [0.5, 0.6) is 5.75 Å². The maximum Gasteiger partial charge on any atom is 0.339 e. The second kappa shape index (κ2) is 5.98. The molecule has 0 aliphatic carbocycles. The van der Waals surface area contributed by atoms with Crippen LogP contribution in [-0.4, -0.2) is 38.3 Å². The third-order valence-corrected chi connectivity index (χ3v) is 4.68. The highest BCUT2D eigenvalue weighted by atomic mass is 16.5. The number of carbonyl (C=O) groups excluding carboxylic acids is 1. The highest BCUT2D eigenvalue weighted by molar-refractivity contribution is 6.13. The Morgan fingerprint density at radius 1 is 0.964 bits per heavy atom. The van der Waals surface area contributed by atoms with Gasteiger partial charge in [0.1, 0.15) is 17.6 Å². The molecule has 0 radical (unpaired) electrons. The van der Waals surface area contributed by atoms with Gasteiger partial charge in [-0.05, 0) is 36.4 Å². The molecule has 2 aromatic carbocycles. The van der Waals surface area contributed by atoms with Crippen LogP contribution in [0.15, 0.2) is 64.8 Å². The van der Waals surface area contributed by atoms with Gasteiger partial charge in [0.25, 0.3) is 5.91 Å². The molecule has 0 spiro atoms. The van der Waals surface area contributed by atoms with Crippen LogP contribution in [0.2, 0.25) is 0 Å². The van der Waals surface area contributed by atoms with Gasteiger partial charge in [-0.2, -0.15) is 0 Å². The van der Waals surface area contributed by atoms with E-state index in [1.165, 1.54) is 21.7 Å². The Bertz CT molecular complexity index is 1330. The summed E-state index contributed by atoms with van der Waals surface area (Å²) in [5, 5.41) is 0. The number of methoxy groups -OCH3 is 1. The lowest BCUT2D eigenvalue weighted by Crippen LogP contribution is -2.22. The lowest BCUT2D eigenvalue weighted by Gasteiger charge is -2.05. The molecular formula is C20H13N5O3. The Hall–Kier alpha value is -4.07. The summed E-state index contributed by atoms with van der Waals surface area (Å²) in [7, 11) is 1.58. The number of benzene rings is 2. The minimum atomic E-state index is -0.321. The van der Waals surface area contributed by atoms with Crippen LogP contribution >= 0.6 is 0 Å². The predicted octanol–water partition coefficient (Wildman–Crippen LogP) is 2.15. The fourth-order valence-electron chi connectivity index (χ4n) is 3.33. The molecule has 0 fully saturated rings. The monoisotopic (exact) mass is 371 g/mol. The van der Waals surface area contributed by atoms with Crippen LogP contribution in [0.3, 0.4) is 0 Å². The average Bonchev–Trinajstić information content (AvgIpc) is 3.24. The number of hydrogen-bond donors (Lipinski definition) is 0. The summed E-state index contributed by atoms with van der Waals surface area (Å²) in [4.78, 5) is 37.5. The Morgan fingerprint density at radius 2 is 1.75 bits per heavy atom. The first kappa shape index (κ1) is 16.1. The van der Waals surface area contributed by atoms with Crippen LogP contribution in [0.1, 0.15) is 15.9 Å². The molecule has 5 rings (SSSR count). The van der Waals surface area contributed by atoms with Gasteiger partial charge in [0.05, 0.1) is 30.2 Å². The number of rotatable bonds is 3. The molecule has 1 amide bonds. The van der Waals surface area contributed by atoms with E-state index in [1.807, 2.05) is 0 Å². The summed E-state index contributed by atoms with van der Waals surface area (Å²) in [5.41, 5.74) is 3.08. The van der Waals surface area contributed by atoms with Gasteiger partial charge in [-0.3, -0.25) is 9.36 Å². The summed E-state index contributed by atoms with van der Waals surface area (Å²) in [6.45, 7) is 0. The number of aliphatic imine (C=N–C) groups is 1. The zero-order valence-corrected chi connectivity index (χ0v) is 14.7. The van der Waals surface area contributed by atoms with Crippen molar-refractivity contribution in [2.45, 2.75) is 0 Å². The molecule has 0 bridgehead atoms. The molecule has 0 unspecified atom stereocenters. The number of ether oxygens (including phenoxy) is 1. The maximum absolute atomic E-state index is 13.3. The lowest BCUT2D eigenvalue weighted by molar-refractivity contribution is 0.101. The van der Waals surface area contributed by atoms with Gasteiger partial charge < -0.3 is 4.74 Å². The lowest BCUT2D eigenvalue weighted by atomic mass is 10.1. The largest absolute Gasteiger partial charge is 0.497 e. The number of aromatic nitrogens is 4. The first-order valence-electron chi connectivity index (χ1n) is 8.48. The van der Waals surface area contributed by atoms with Crippen molar-refractivity contribution in [2.75, 3.05) is 7.11 Å². The molecule has 0 saturated carbocycles. The maximum atomic E-state index is 13.3. The van der Waals surface area contributed by atoms with Crippen molar-refractivity contribution in [1.82, 2.24) is 19.1 Å². The third-order valence-electron chi connectivity index (χ3n) is 4.68. The van der Waals surface area contributed by atoms with E-state index in [0.29, 0.717) is 33.9 Å². The van der Waals surface area contributed by atoms with E-state index >= 15 is 0 Å². The van der Waals surface area contributed by atoms with E-state index in [2.05, 4.69) is 15.0 Å². The van der Waals surface area contributed by atoms with Gasteiger partial charge in [-0.25, -0.2) is 24.3 Å². The molecule has 0 atom stereocenters. The van der Waals surface area contributed by atoms with Crippen LogP contribution in [0.25, 0.3) is 22.5 Å². The summed E-state index contributed by atoms with van der Waals surface area (Å²) < 4.78 is 8.18. The van der Waals surface area contributed by atoms with Crippen LogP contribution in [0, 0.1) is 0 Å². The molecule has 136 valence electrons. The molecule has 0 N–H and O–H groups in total. The zero-order chi connectivity index (χ0) is 19.3. The highest BCUT2D eigenvalue weighted by Gasteiger charge is 2.21. The molecule has 0 saturated heterocycles. The molecule has 3 heterocycles. The van der Waals surface area contributed by atoms with Gasteiger partial charge >= 0.3 is 5.69 Å². The molecule has 1 aliphatic rings. The fraction of sp³-hybridized carbons (Fsp3) is 0.0500. The van der Waals surface area contributed by atoms with Crippen molar-refractivity contribution in [2.24, 2.45) is 4.99 Å². The summed E-state index contributed by atoms with van der Waals surface area (Å²) in [5.74, 6) is 0.368. The third kappa shape index (κ3) is 2.28. The van der Waals surface area contributed by atoms with Gasteiger partial charge in [-0.15, -0.1) is 0 Å². The molecule has 8 nitrogen and oxygen atoms in total. The van der Waals surface area contributed by atoms with E-state index in [1.54, 1.807) is 55.8 Å². The van der Waals surface area contributed by atoms with Crippen LogP contribution < -0.4 is 10.4 Å². The van der Waals surface area contributed by atoms with Crippen molar-refractivity contribution in [3.8, 4) is 17.1 Å². The van der Waals surface area contributed by atoms with Crippen molar-refractivity contribution in [3.05, 3.63) is 76.6 Å². The number of fused-ring (bicyclic) bond motifs is 2. The van der Waals surface area contributed by atoms with Crippen molar-refractivity contribution >= 4 is 23.3 Å². The SMILES string of the molecule is COc1ccc(-n2c(=O)n(-c3ccc4c(c3)C(=O)N=C4)c3ncncc32)cc1. The summed E-state index contributed by atoms with van der Waals surface area (Å²) in [6, 6.07) is 12.3. The predicted molar refractivity (Wildman–Crippen MR) is 103 cm³/mol. The second-order valence-corrected chi connectivity index (χ2v) is 6.22. The minimum Gasteiger partial charge on any atom is -0.497 e. The van der Waals surface area contributed by atoms with Crippen molar-refractivity contribution in [3.63, 3.8) is 0 Å². The standard InChI is InChI=1S/C20H13N5O3/c1-28-15-6-4-13(5-7-15)24-17-10-21-11-23-18(17)25(20(24)27)14-3-2-12-9-22-19(26)16(12)8-14/h2-11H,1H3. The van der Waals surface area contributed by atoms with E-state index in [9.17, 15) is 9.59 Å². The zero-order valence-electron chi connectivity index (χ0n) is 14.7. The van der Waals surface area contributed by atoms with Crippen molar-refractivity contribution in [1.29, 1.82) is 0 Å². The van der Waals surface area contributed by atoms with Gasteiger partial charge in [0, 0.05) is 11.8 Å². The molecule has 4 aromatic rings. The Morgan fingerprint density at radius 3 is 2.54 bits per heavy atom. The number of nitrogens with zero attached hydrogens (tertiary/aromatic N) is 5. The number of amides is 1. The first-order chi connectivity index (χ1) is 13.7. The van der Waals surface area contributed by atoms with E-state index in [-0.39, 0.29) is 11.6 Å². The molecular weight excluding hydrogens is 358 g/mol. The smallest absolute Gasteiger partial charge is 0.339 e. The molecule has 2 aromatic heterocycles. The average molecular weight is 371 g/mol. The van der Waals surface area contributed by atoms with Gasteiger partial charge in [0.2, 0.25) is 0 Å². The first-order valence-corrected chi connectivity index (χ1v) is 8.48. The quantitative estimate of drug-likeness (QED) is 0.550. The second-order valence-electron chi connectivity index (χ2n) is 6.22. The number of hydrogen-bond acceptors (Lipinski definition) is 5. The molecule has 8 heteroatoms. The highest BCUT2D eigenvalue weighted by Crippen LogP contribution is 2.23. The fourth-order valence-corrected chi connectivity index (χ4v) is 3.33. The number of imidazole rings is 1. The van der Waals surface area contributed by atoms with Crippen molar-refractivity contribution < 1.29 is 9.53 Å². The van der Waals surface area contributed by atoms with Crippen LogP contribution in [-0.2, 0) is 0 Å². The summed E-state index contributed by atoms with van der Waals surface area (Å²) in [6.07, 6.45) is 4.50. The molecule has 1 aliphatic heterocycles. The normalized spacial score (nSPS) is 12.5. The van der Waals surface area contributed by atoms with E-state index in [0.717, 1.165) is 5.56 Å². The Labute approximate surface area is 158 Å². The number of carbonyl (C=O) groups is 1. The van der Waals surface area contributed by atoms with E-state index in [4.69, 9.17) is 4.74 Å². The Kier molecular flexibility index (Phi) is 3.45. The topological polar surface area (TPSA) is 91.4 Å². The van der Waals surface area contributed by atoms with E-state index < -0.39 is 0 Å².